The molecule has 16 heavy (non-hydrogen) atoms. The fourth-order valence-corrected chi connectivity index (χ4v) is 2.84. The highest BCUT2D eigenvalue weighted by Crippen LogP contribution is 2.32. The highest BCUT2D eigenvalue weighted by Gasteiger charge is 2.39. The van der Waals surface area contributed by atoms with Crippen molar-refractivity contribution in [3.63, 3.8) is 0 Å². The van der Waals surface area contributed by atoms with E-state index in [4.69, 9.17) is 5.11 Å². The van der Waals surface area contributed by atoms with Crippen molar-refractivity contribution in [1.29, 1.82) is 0 Å². The smallest absolute Gasteiger partial charge is 0.307 e. The first kappa shape index (κ1) is 11.4. The molecule has 0 aromatic heterocycles. The lowest BCUT2D eigenvalue weighted by molar-refractivity contribution is -0.149. The van der Waals surface area contributed by atoms with E-state index in [9.17, 15) is 9.59 Å². The van der Waals surface area contributed by atoms with Crippen molar-refractivity contribution < 1.29 is 14.7 Å². The molecule has 0 spiro atoms. The molecule has 0 radical (unpaired) electrons. The number of carboxylic acids is 1. The highest BCUT2D eigenvalue weighted by atomic mass is 16.4. The fourth-order valence-electron chi connectivity index (χ4n) is 2.84. The van der Waals surface area contributed by atoms with Crippen LogP contribution in [0.3, 0.4) is 0 Å². The van der Waals surface area contributed by atoms with Crippen LogP contribution in [0.1, 0.15) is 19.3 Å². The molecule has 2 rings (SSSR count). The Morgan fingerprint density at radius 3 is 2.62 bits per heavy atom. The normalized spacial score (nSPS) is 32.1. The monoisotopic (exact) mass is 226 g/mol. The van der Waals surface area contributed by atoms with Crippen LogP contribution in [0.2, 0.25) is 0 Å². The number of aliphatic carboxylic acids is 1. The lowest BCUT2D eigenvalue weighted by Crippen LogP contribution is -2.48. The summed E-state index contributed by atoms with van der Waals surface area (Å²) in [5.41, 5.74) is 0. The molecule has 0 aromatic carbocycles. The number of carbonyl (C=O) groups excluding carboxylic acids is 1. The zero-order valence-electron chi connectivity index (χ0n) is 9.24. The van der Waals surface area contributed by atoms with Crippen molar-refractivity contribution in [2.45, 2.75) is 19.3 Å². The van der Waals surface area contributed by atoms with Crippen molar-refractivity contribution >= 4 is 11.9 Å². The van der Waals surface area contributed by atoms with Gasteiger partial charge in [0.1, 0.15) is 0 Å². The van der Waals surface area contributed by atoms with Gasteiger partial charge in [0.15, 0.2) is 0 Å². The number of hydrogen-bond donors (Lipinski definition) is 3. The van der Waals surface area contributed by atoms with Crippen molar-refractivity contribution in [2.24, 2.45) is 17.8 Å². The minimum Gasteiger partial charge on any atom is -0.481 e. The molecular weight excluding hydrogens is 208 g/mol. The molecule has 2 saturated heterocycles. The zero-order chi connectivity index (χ0) is 11.5. The van der Waals surface area contributed by atoms with E-state index in [1.165, 1.54) is 0 Å². The number of nitrogens with one attached hydrogen (secondary N) is 2. The maximum atomic E-state index is 11.2. The van der Waals surface area contributed by atoms with Gasteiger partial charge in [-0.2, -0.15) is 0 Å². The molecule has 2 fully saturated rings. The predicted molar refractivity (Wildman–Crippen MR) is 57.8 cm³/mol. The van der Waals surface area contributed by atoms with Crippen LogP contribution < -0.4 is 10.6 Å². The van der Waals surface area contributed by atoms with E-state index in [0.717, 1.165) is 25.9 Å². The molecule has 2 aliphatic rings. The number of hydrogen-bond acceptors (Lipinski definition) is 3. The average Bonchev–Trinajstić information content (AvgIpc) is 2.30. The first-order valence-corrected chi connectivity index (χ1v) is 5.88. The minimum absolute atomic E-state index is 0.109. The Kier molecular flexibility index (Phi) is 3.43. The lowest BCUT2D eigenvalue weighted by Gasteiger charge is -2.37. The molecule has 3 N–H and O–H groups in total. The Morgan fingerprint density at radius 2 is 2.00 bits per heavy atom. The Labute approximate surface area is 94.6 Å². The van der Waals surface area contributed by atoms with Gasteiger partial charge in [0.05, 0.1) is 5.92 Å². The molecule has 2 heterocycles. The van der Waals surface area contributed by atoms with Crippen LogP contribution in [0.4, 0.5) is 0 Å². The summed E-state index contributed by atoms with van der Waals surface area (Å²) in [5, 5.41) is 15.2. The number of amides is 1. The SMILES string of the molecule is O=C1CC(C(=O)O)C(C2CCNCC2)CN1. The molecule has 2 unspecified atom stereocenters. The second-order valence-electron chi connectivity index (χ2n) is 4.70. The van der Waals surface area contributed by atoms with E-state index in [1.807, 2.05) is 0 Å². The fraction of sp³-hybridized carbons (Fsp3) is 0.818. The van der Waals surface area contributed by atoms with Crippen molar-refractivity contribution in [1.82, 2.24) is 10.6 Å². The van der Waals surface area contributed by atoms with Gasteiger partial charge >= 0.3 is 5.97 Å². The number of rotatable bonds is 2. The zero-order valence-corrected chi connectivity index (χ0v) is 9.24. The second-order valence-corrected chi connectivity index (χ2v) is 4.70. The summed E-state index contributed by atoms with van der Waals surface area (Å²) in [7, 11) is 0. The van der Waals surface area contributed by atoms with Crippen LogP contribution >= 0.6 is 0 Å². The molecule has 0 aromatic rings. The summed E-state index contributed by atoms with van der Waals surface area (Å²) in [6.45, 7) is 2.45. The van der Waals surface area contributed by atoms with Gasteiger partial charge in [-0.05, 0) is 37.8 Å². The number of carbonyl (C=O) groups is 2. The van der Waals surface area contributed by atoms with Crippen LogP contribution in [0.25, 0.3) is 0 Å². The van der Waals surface area contributed by atoms with Crippen LogP contribution in [-0.4, -0.2) is 36.6 Å². The van der Waals surface area contributed by atoms with Gasteiger partial charge in [-0.25, -0.2) is 0 Å². The van der Waals surface area contributed by atoms with E-state index < -0.39 is 11.9 Å². The van der Waals surface area contributed by atoms with Crippen LogP contribution in [-0.2, 0) is 9.59 Å². The van der Waals surface area contributed by atoms with Gasteiger partial charge in [0.25, 0.3) is 0 Å². The third kappa shape index (κ3) is 2.35. The molecule has 2 atom stereocenters. The number of carboxylic acid groups (broad SMARTS) is 1. The van der Waals surface area contributed by atoms with Crippen molar-refractivity contribution in [3.05, 3.63) is 0 Å². The van der Waals surface area contributed by atoms with Gasteiger partial charge in [-0.1, -0.05) is 0 Å². The molecule has 0 bridgehead atoms. The Morgan fingerprint density at radius 1 is 1.31 bits per heavy atom. The first-order valence-electron chi connectivity index (χ1n) is 5.88. The second kappa shape index (κ2) is 4.82. The van der Waals surface area contributed by atoms with Gasteiger partial charge in [-0.15, -0.1) is 0 Å². The van der Waals surface area contributed by atoms with Crippen molar-refractivity contribution in [3.8, 4) is 0 Å². The largest absolute Gasteiger partial charge is 0.481 e. The molecule has 2 aliphatic heterocycles. The van der Waals surface area contributed by atoms with E-state index in [1.54, 1.807) is 0 Å². The predicted octanol–water partition coefficient (Wildman–Crippen LogP) is -0.177. The Hall–Kier alpha value is -1.10. The molecule has 90 valence electrons. The summed E-state index contributed by atoms with van der Waals surface area (Å²) >= 11 is 0. The summed E-state index contributed by atoms with van der Waals surface area (Å²) < 4.78 is 0. The standard InChI is InChI=1S/C11H18N2O3/c14-10-5-8(11(15)16)9(6-13-10)7-1-3-12-4-2-7/h7-9,12H,1-6H2,(H,13,14)(H,15,16). The third-order valence-corrected chi connectivity index (χ3v) is 3.76. The average molecular weight is 226 g/mol. The summed E-state index contributed by atoms with van der Waals surface area (Å²) in [6, 6.07) is 0. The summed E-state index contributed by atoms with van der Waals surface area (Å²) in [4.78, 5) is 22.4. The molecule has 1 amide bonds. The maximum absolute atomic E-state index is 11.2. The minimum atomic E-state index is -0.821. The Bertz CT molecular complexity index is 287. The van der Waals surface area contributed by atoms with Crippen LogP contribution in [0, 0.1) is 17.8 Å². The van der Waals surface area contributed by atoms with Crippen molar-refractivity contribution in [2.75, 3.05) is 19.6 Å². The molecule has 0 saturated carbocycles. The first-order chi connectivity index (χ1) is 7.68. The van der Waals surface area contributed by atoms with E-state index in [-0.39, 0.29) is 18.2 Å². The summed E-state index contributed by atoms with van der Waals surface area (Å²) in [6.07, 6.45) is 2.18. The maximum Gasteiger partial charge on any atom is 0.307 e. The van der Waals surface area contributed by atoms with Gasteiger partial charge < -0.3 is 15.7 Å². The van der Waals surface area contributed by atoms with Crippen LogP contribution in [0.15, 0.2) is 0 Å². The lowest BCUT2D eigenvalue weighted by atomic mass is 9.74. The quantitative estimate of drug-likeness (QED) is 0.610. The molecule has 0 aliphatic carbocycles. The highest BCUT2D eigenvalue weighted by molar-refractivity contribution is 5.83. The van der Waals surface area contributed by atoms with E-state index in [2.05, 4.69) is 10.6 Å². The molecule has 5 nitrogen and oxygen atoms in total. The number of piperidine rings is 2. The third-order valence-electron chi connectivity index (χ3n) is 3.76. The Balaban J connectivity index is 2.04. The van der Waals surface area contributed by atoms with Crippen LogP contribution in [0.5, 0.6) is 0 Å². The van der Waals surface area contributed by atoms with Gasteiger partial charge in [0.2, 0.25) is 5.91 Å². The van der Waals surface area contributed by atoms with E-state index >= 15 is 0 Å². The van der Waals surface area contributed by atoms with Gasteiger partial charge in [0, 0.05) is 13.0 Å². The molecular formula is C11H18N2O3. The summed E-state index contributed by atoms with van der Waals surface area (Å²) in [5.74, 6) is -0.895. The topological polar surface area (TPSA) is 78.4 Å². The molecule has 5 heteroatoms. The van der Waals surface area contributed by atoms with Gasteiger partial charge in [-0.3, -0.25) is 9.59 Å². The van der Waals surface area contributed by atoms with E-state index in [0.29, 0.717) is 12.5 Å².